The van der Waals surface area contributed by atoms with Crippen molar-refractivity contribution >= 4 is 5.91 Å². The third-order valence-corrected chi connectivity index (χ3v) is 3.76. The lowest BCUT2D eigenvalue weighted by atomic mass is 9.95. The summed E-state index contributed by atoms with van der Waals surface area (Å²) in [6.07, 6.45) is 6.57. The first-order valence-corrected chi connectivity index (χ1v) is 7.05. The highest BCUT2D eigenvalue weighted by Gasteiger charge is 2.34. The Bertz CT molecular complexity index is 468. The third-order valence-electron chi connectivity index (χ3n) is 3.76. The molecule has 0 aliphatic carbocycles. The maximum absolute atomic E-state index is 11.9. The van der Waals surface area contributed by atoms with Crippen molar-refractivity contribution in [1.29, 1.82) is 0 Å². The van der Waals surface area contributed by atoms with Gasteiger partial charge in [0.25, 0.3) is 0 Å². The number of rotatable bonds is 3. The Morgan fingerprint density at radius 1 is 1.26 bits per heavy atom. The predicted molar refractivity (Wildman–Crippen MR) is 76.0 cm³/mol. The molecule has 1 saturated heterocycles. The monoisotopic (exact) mass is 263 g/mol. The maximum Gasteiger partial charge on any atom is 0.223 e. The van der Waals surface area contributed by atoms with Crippen LogP contribution in [0.25, 0.3) is 0 Å². The van der Waals surface area contributed by atoms with E-state index in [4.69, 9.17) is 0 Å². The largest absolute Gasteiger partial charge is 0.337 e. The first-order chi connectivity index (χ1) is 8.70. The molecule has 1 aliphatic heterocycles. The average Bonchev–Trinajstić information content (AvgIpc) is 2.85. The van der Waals surface area contributed by atoms with Gasteiger partial charge in [-0.05, 0) is 53.0 Å². The first kappa shape index (κ1) is 14.1. The number of carbonyl (C=O) groups is 1. The van der Waals surface area contributed by atoms with Crippen LogP contribution < -0.4 is 0 Å². The van der Waals surface area contributed by atoms with Gasteiger partial charge in [-0.1, -0.05) is 0 Å². The van der Waals surface area contributed by atoms with Crippen LogP contribution in [0.1, 0.15) is 53.0 Å². The van der Waals surface area contributed by atoms with Crippen molar-refractivity contribution in [1.82, 2.24) is 14.7 Å². The standard InChI is InChI=1S/C15H25N3O/c1-14(2,3)18-11-12(10-16-18)9-15(4,5)17-8-6-7-13(17)19/h10-11H,6-9H2,1-5H3. The molecule has 1 amide bonds. The summed E-state index contributed by atoms with van der Waals surface area (Å²) in [5.74, 6) is 0.285. The average molecular weight is 263 g/mol. The molecule has 0 N–H and O–H groups in total. The van der Waals surface area contributed by atoms with Gasteiger partial charge >= 0.3 is 0 Å². The minimum atomic E-state index is -0.126. The van der Waals surface area contributed by atoms with Gasteiger partial charge in [0.15, 0.2) is 0 Å². The van der Waals surface area contributed by atoms with Crippen molar-refractivity contribution in [3.63, 3.8) is 0 Å². The van der Waals surface area contributed by atoms with E-state index in [9.17, 15) is 4.79 Å². The van der Waals surface area contributed by atoms with E-state index in [1.54, 1.807) is 0 Å². The van der Waals surface area contributed by atoms with E-state index in [1.165, 1.54) is 5.56 Å². The number of likely N-dealkylation sites (tertiary alicyclic amines) is 1. The van der Waals surface area contributed by atoms with Crippen molar-refractivity contribution < 1.29 is 4.79 Å². The number of amides is 1. The smallest absolute Gasteiger partial charge is 0.223 e. The molecular formula is C15H25N3O. The van der Waals surface area contributed by atoms with Crippen molar-refractivity contribution in [2.24, 2.45) is 0 Å². The molecule has 2 heterocycles. The molecule has 2 rings (SSSR count). The molecule has 19 heavy (non-hydrogen) atoms. The van der Waals surface area contributed by atoms with Crippen molar-refractivity contribution in [2.75, 3.05) is 6.54 Å². The Morgan fingerprint density at radius 2 is 1.95 bits per heavy atom. The molecule has 1 aromatic heterocycles. The highest BCUT2D eigenvalue weighted by Crippen LogP contribution is 2.26. The second-order valence-electron chi connectivity index (χ2n) is 7.10. The maximum atomic E-state index is 11.9. The van der Waals surface area contributed by atoms with Crippen LogP contribution >= 0.6 is 0 Å². The van der Waals surface area contributed by atoms with Crippen molar-refractivity contribution in [2.45, 2.75) is 65.0 Å². The van der Waals surface area contributed by atoms with Gasteiger partial charge in [0, 0.05) is 24.7 Å². The molecule has 0 radical (unpaired) electrons. The summed E-state index contributed by atoms with van der Waals surface area (Å²) in [7, 11) is 0. The van der Waals surface area contributed by atoms with E-state index in [-0.39, 0.29) is 17.0 Å². The van der Waals surface area contributed by atoms with Gasteiger partial charge < -0.3 is 4.90 Å². The Hall–Kier alpha value is -1.32. The second-order valence-corrected chi connectivity index (χ2v) is 7.10. The van der Waals surface area contributed by atoms with Crippen LogP contribution in [0.15, 0.2) is 12.4 Å². The molecule has 0 saturated carbocycles. The van der Waals surface area contributed by atoms with Crippen LogP contribution in [-0.4, -0.2) is 32.7 Å². The number of aromatic nitrogens is 2. The summed E-state index contributed by atoms with van der Waals surface area (Å²) in [5, 5.41) is 4.43. The van der Waals surface area contributed by atoms with Crippen molar-refractivity contribution in [3.05, 3.63) is 18.0 Å². The molecule has 4 nitrogen and oxygen atoms in total. The molecule has 0 unspecified atom stereocenters. The number of carbonyl (C=O) groups excluding carboxylic acids is 1. The molecule has 1 fully saturated rings. The van der Waals surface area contributed by atoms with Crippen LogP contribution in [0.4, 0.5) is 0 Å². The fourth-order valence-electron chi connectivity index (χ4n) is 2.70. The SMILES string of the molecule is CC(C)(Cc1cnn(C(C)(C)C)c1)N1CCCC1=O. The summed E-state index contributed by atoms with van der Waals surface area (Å²) in [6, 6.07) is 0. The molecule has 1 aliphatic rings. The number of nitrogens with zero attached hydrogens (tertiary/aromatic N) is 3. The lowest BCUT2D eigenvalue weighted by Crippen LogP contribution is -2.46. The van der Waals surface area contributed by atoms with E-state index in [1.807, 2.05) is 15.8 Å². The Balaban J connectivity index is 2.12. The van der Waals surface area contributed by atoms with E-state index >= 15 is 0 Å². The van der Waals surface area contributed by atoms with Crippen LogP contribution in [0.3, 0.4) is 0 Å². The molecular weight excluding hydrogens is 238 g/mol. The van der Waals surface area contributed by atoms with Crippen LogP contribution in [-0.2, 0) is 16.8 Å². The highest BCUT2D eigenvalue weighted by molar-refractivity contribution is 5.78. The van der Waals surface area contributed by atoms with Gasteiger partial charge in [0.1, 0.15) is 0 Å². The molecule has 0 bridgehead atoms. The second kappa shape index (κ2) is 4.66. The Morgan fingerprint density at radius 3 is 2.42 bits per heavy atom. The summed E-state index contributed by atoms with van der Waals surface area (Å²) in [4.78, 5) is 13.9. The fraction of sp³-hybridized carbons (Fsp3) is 0.733. The van der Waals surface area contributed by atoms with Gasteiger partial charge in [0.2, 0.25) is 5.91 Å². The predicted octanol–water partition coefficient (Wildman–Crippen LogP) is 2.58. The zero-order valence-electron chi connectivity index (χ0n) is 12.7. The normalized spacial score (nSPS) is 17.3. The zero-order valence-corrected chi connectivity index (χ0v) is 12.7. The zero-order chi connectivity index (χ0) is 14.3. The summed E-state index contributed by atoms with van der Waals surface area (Å²) in [5.41, 5.74) is 1.07. The quantitative estimate of drug-likeness (QED) is 0.840. The van der Waals surface area contributed by atoms with Gasteiger partial charge in [-0.2, -0.15) is 5.10 Å². The summed E-state index contributed by atoms with van der Waals surface area (Å²) in [6.45, 7) is 11.6. The number of hydrogen-bond donors (Lipinski definition) is 0. The molecule has 106 valence electrons. The van der Waals surface area contributed by atoms with Crippen LogP contribution in [0.5, 0.6) is 0 Å². The van der Waals surface area contributed by atoms with Gasteiger partial charge in [-0.15, -0.1) is 0 Å². The summed E-state index contributed by atoms with van der Waals surface area (Å²) < 4.78 is 1.99. The lowest BCUT2D eigenvalue weighted by Gasteiger charge is -2.35. The Kier molecular flexibility index (Phi) is 3.45. The Labute approximate surface area is 115 Å². The molecule has 0 spiro atoms. The van der Waals surface area contributed by atoms with Crippen molar-refractivity contribution in [3.8, 4) is 0 Å². The molecule has 4 heteroatoms. The highest BCUT2D eigenvalue weighted by atomic mass is 16.2. The minimum Gasteiger partial charge on any atom is -0.337 e. The van der Waals surface area contributed by atoms with Gasteiger partial charge in [-0.25, -0.2) is 0 Å². The van der Waals surface area contributed by atoms with E-state index in [0.29, 0.717) is 6.42 Å². The van der Waals surface area contributed by atoms with E-state index < -0.39 is 0 Å². The minimum absolute atomic E-state index is 0.00581. The van der Waals surface area contributed by atoms with Crippen LogP contribution in [0, 0.1) is 0 Å². The fourth-order valence-corrected chi connectivity index (χ4v) is 2.70. The first-order valence-electron chi connectivity index (χ1n) is 7.05. The lowest BCUT2D eigenvalue weighted by molar-refractivity contribution is -0.132. The van der Waals surface area contributed by atoms with Gasteiger partial charge in [0.05, 0.1) is 11.7 Å². The van der Waals surface area contributed by atoms with Crippen LogP contribution in [0.2, 0.25) is 0 Å². The van der Waals surface area contributed by atoms with E-state index in [0.717, 1.165) is 19.4 Å². The summed E-state index contributed by atoms with van der Waals surface area (Å²) >= 11 is 0. The number of hydrogen-bond acceptors (Lipinski definition) is 2. The van der Waals surface area contributed by atoms with E-state index in [2.05, 4.69) is 45.9 Å². The topological polar surface area (TPSA) is 38.1 Å². The molecule has 0 aromatic carbocycles. The molecule has 1 aromatic rings. The molecule has 0 atom stereocenters. The van der Waals surface area contributed by atoms with Gasteiger partial charge in [-0.3, -0.25) is 9.48 Å². The third kappa shape index (κ3) is 2.99.